The average molecular weight is 325 g/mol. The van der Waals surface area contributed by atoms with Crippen LogP contribution >= 0.6 is 11.6 Å². The zero-order chi connectivity index (χ0) is 16.1. The Bertz CT molecular complexity index is 702. The van der Waals surface area contributed by atoms with E-state index >= 15 is 0 Å². The molecule has 0 heterocycles. The molecule has 0 atom stereocenters. The number of anilines is 1. The van der Waals surface area contributed by atoms with Crippen molar-refractivity contribution < 1.29 is 18.4 Å². The van der Waals surface area contributed by atoms with Crippen LogP contribution in [0.15, 0.2) is 42.5 Å². The van der Waals surface area contributed by atoms with E-state index in [-0.39, 0.29) is 16.3 Å². The molecule has 0 saturated carbocycles. The van der Waals surface area contributed by atoms with Crippen molar-refractivity contribution in [1.29, 1.82) is 0 Å². The first-order valence-corrected chi connectivity index (χ1v) is 6.63. The van der Waals surface area contributed by atoms with Gasteiger partial charge < -0.3 is 10.6 Å². The van der Waals surface area contributed by atoms with Gasteiger partial charge >= 0.3 is 0 Å². The summed E-state index contributed by atoms with van der Waals surface area (Å²) in [5.41, 5.74) is -0.0779. The van der Waals surface area contributed by atoms with E-state index in [1.54, 1.807) is 0 Å². The van der Waals surface area contributed by atoms with Gasteiger partial charge in [-0.1, -0.05) is 23.7 Å². The summed E-state index contributed by atoms with van der Waals surface area (Å²) < 4.78 is 26.5. The molecule has 0 aliphatic heterocycles. The van der Waals surface area contributed by atoms with Crippen LogP contribution in [-0.2, 0) is 4.79 Å². The van der Waals surface area contributed by atoms with Crippen LogP contribution in [0.2, 0.25) is 5.02 Å². The maximum Gasteiger partial charge on any atom is 0.256 e. The highest BCUT2D eigenvalue weighted by Crippen LogP contribution is 2.18. The number of halogens is 3. The van der Waals surface area contributed by atoms with Gasteiger partial charge in [0.15, 0.2) is 0 Å². The molecule has 0 bridgehead atoms. The standard InChI is InChI=1S/C15H11ClF2N2O2/c16-11-5-2-6-12(18)14(11)15(22)19-8-13(21)20-10-4-1-3-9(17)7-10/h1-7H,8H2,(H,19,22)(H,20,21). The van der Waals surface area contributed by atoms with Gasteiger partial charge in [-0.3, -0.25) is 9.59 Å². The summed E-state index contributed by atoms with van der Waals surface area (Å²) >= 11 is 5.74. The molecule has 4 nitrogen and oxygen atoms in total. The second kappa shape index (κ2) is 7.00. The SMILES string of the molecule is O=C(CNC(=O)c1c(F)cccc1Cl)Nc1cccc(F)c1. The van der Waals surface area contributed by atoms with Crippen LogP contribution in [-0.4, -0.2) is 18.4 Å². The lowest BCUT2D eigenvalue weighted by Gasteiger charge is -2.08. The number of hydrogen-bond donors (Lipinski definition) is 2. The summed E-state index contributed by atoms with van der Waals surface area (Å²) in [5.74, 6) is -2.67. The molecule has 0 aliphatic carbocycles. The van der Waals surface area contributed by atoms with Crippen molar-refractivity contribution in [2.24, 2.45) is 0 Å². The Balaban J connectivity index is 1.95. The summed E-state index contributed by atoms with van der Waals surface area (Å²) in [6.07, 6.45) is 0. The molecule has 2 aromatic carbocycles. The molecule has 114 valence electrons. The topological polar surface area (TPSA) is 58.2 Å². The molecule has 2 aromatic rings. The van der Waals surface area contributed by atoms with Crippen molar-refractivity contribution in [3.63, 3.8) is 0 Å². The van der Waals surface area contributed by atoms with E-state index in [1.165, 1.54) is 30.3 Å². The Kier molecular flexibility index (Phi) is 5.06. The van der Waals surface area contributed by atoms with E-state index in [0.717, 1.165) is 12.1 Å². The highest BCUT2D eigenvalue weighted by molar-refractivity contribution is 6.33. The van der Waals surface area contributed by atoms with Crippen LogP contribution < -0.4 is 10.6 Å². The molecule has 0 aliphatic rings. The van der Waals surface area contributed by atoms with Crippen LogP contribution in [0.1, 0.15) is 10.4 Å². The zero-order valence-corrected chi connectivity index (χ0v) is 12.0. The van der Waals surface area contributed by atoms with Crippen LogP contribution in [0.4, 0.5) is 14.5 Å². The molecule has 7 heteroatoms. The molecule has 22 heavy (non-hydrogen) atoms. The van der Waals surface area contributed by atoms with Crippen molar-refractivity contribution >= 4 is 29.1 Å². The molecule has 2 rings (SSSR count). The Labute approximate surface area is 130 Å². The van der Waals surface area contributed by atoms with E-state index in [1.807, 2.05) is 0 Å². The molecule has 0 radical (unpaired) electrons. The number of carbonyl (C=O) groups excluding carboxylic acids is 2. The van der Waals surface area contributed by atoms with Gasteiger partial charge in [-0.25, -0.2) is 8.78 Å². The van der Waals surface area contributed by atoms with Crippen molar-refractivity contribution in [2.75, 3.05) is 11.9 Å². The molecule has 0 unspecified atom stereocenters. The predicted octanol–water partition coefficient (Wildman–Crippen LogP) is 2.99. The van der Waals surface area contributed by atoms with Gasteiger partial charge in [0.25, 0.3) is 5.91 Å². The van der Waals surface area contributed by atoms with Crippen molar-refractivity contribution in [3.05, 3.63) is 64.7 Å². The number of benzene rings is 2. The third kappa shape index (κ3) is 4.02. The first-order valence-electron chi connectivity index (χ1n) is 6.25. The first kappa shape index (κ1) is 15.9. The monoisotopic (exact) mass is 324 g/mol. The molecule has 0 aromatic heterocycles. The third-order valence-electron chi connectivity index (χ3n) is 2.71. The normalized spacial score (nSPS) is 10.1. The number of hydrogen-bond acceptors (Lipinski definition) is 2. The van der Waals surface area contributed by atoms with Gasteiger partial charge in [0.1, 0.15) is 11.6 Å². The first-order chi connectivity index (χ1) is 10.5. The van der Waals surface area contributed by atoms with Crippen LogP contribution in [0.3, 0.4) is 0 Å². The molecule has 0 spiro atoms. The lowest BCUT2D eigenvalue weighted by molar-refractivity contribution is -0.115. The Morgan fingerprint density at radius 3 is 2.50 bits per heavy atom. The number of nitrogens with one attached hydrogen (secondary N) is 2. The lowest BCUT2D eigenvalue weighted by atomic mass is 10.2. The molecule has 0 fully saturated rings. The van der Waals surface area contributed by atoms with Gasteiger partial charge in [-0.05, 0) is 30.3 Å². The van der Waals surface area contributed by atoms with Gasteiger partial charge in [-0.2, -0.15) is 0 Å². The van der Waals surface area contributed by atoms with E-state index in [0.29, 0.717) is 0 Å². The van der Waals surface area contributed by atoms with Crippen molar-refractivity contribution in [2.45, 2.75) is 0 Å². The summed E-state index contributed by atoms with van der Waals surface area (Å²) in [4.78, 5) is 23.5. The van der Waals surface area contributed by atoms with Gasteiger partial charge in [0.05, 0.1) is 17.1 Å². The van der Waals surface area contributed by atoms with Crippen LogP contribution in [0.25, 0.3) is 0 Å². The second-order valence-electron chi connectivity index (χ2n) is 4.34. The third-order valence-corrected chi connectivity index (χ3v) is 3.02. The van der Waals surface area contributed by atoms with E-state index < -0.39 is 30.0 Å². The molecular formula is C15H11ClF2N2O2. The fourth-order valence-electron chi connectivity index (χ4n) is 1.74. The number of amides is 2. The molecular weight excluding hydrogens is 314 g/mol. The van der Waals surface area contributed by atoms with Gasteiger partial charge in [-0.15, -0.1) is 0 Å². The highest BCUT2D eigenvalue weighted by Gasteiger charge is 2.16. The van der Waals surface area contributed by atoms with Gasteiger partial charge in [0, 0.05) is 5.69 Å². The van der Waals surface area contributed by atoms with E-state index in [4.69, 9.17) is 11.6 Å². The lowest BCUT2D eigenvalue weighted by Crippen LogP contribution is -2.33. The quantitative estimate of drug-likeness (QED) is 0.908. The summed E-state index contributed by atoms with van der Waals surface area (Å²) in [7, 11) is 0. The van der Waals surface area contributed by atoms with Crippen molar-refractivity contribution in [1.82, 2.24) is 5.32 Å². The van der Waals surface area contributed by atoms with Crippen LogP contribution in [0.5, 0.6) is 0 Å². The fourth-order valence-corrected chi connectivity index (χ4v) is 1.98. The maximum atomic E-state index is 13.5. The molecule has 2 amide bonds. The minimum atomic E-state index is -0.808. The zero-order valence-electron chi connectivity index (χ0n) is 11.2. The minimum absolute atomic E-state index is 0.0527. The average Bonchev–Trinajstić information content (AvgIpc) is 2.45. The molecule has 0 saturated heterocycles. The summed E-state index contributed by atoms with van der Waals surface area (Å²) in [6.45, 7) is -0.403. The highest BCUT2D eigenvalue weighted by atomic mass is 35.5. The van der Waals surface area contributed by atoms with E-state index in [2.05, 4.69) is 10.6 Å². The largest absolute Gasteiger partial charge is 0.343 e. The van der Waals surface area contributed by atoms with Gasteiger partial charge in [0.2, 0.25) is 5.91 Å². The maximum absolute atomic E-state index is 13.5. The fraction of sp³-hybridized carbons (Fsp3) is 0.0667. The predicted molar refractivity (Wildman–Crippen MR) is 78.8 cm³/mol. The smallest absolute Gasteiger partial charge is 0.256 e. The number of rotatable bonds is 4. The Morgan fingerprint density at radius 1 is 1.09 bits per heavy atom. The Morgan fingerprint density at radius 2 is 1.82 bits per heavy atom. The summed E-state index contributed by atoms with van der Waals surface area (Å²) in [6, 6.07) is 9.12. The van der Waals surface area contributed by atoms with Crippen molar-refractivity contribution in [3.8, 4) is 0 Å². The number of carbonyl (C=O) groups is 2. The summed E-state index contributed by atoms with van der Waals surface area (Å²) in [5, 5.41) is 4.59. The molecule has 2 N–H and O–H groups in total. The minimum Gasteiger partial charge on any atom is -0.343 e. The Hall–Kier alpha value is -2.47. The second-order valence-corrected chi connectivity index (χ2v) is 4.75. The van der Waals surface area contributed by atoms with E-state index in [9.17, 15) is 18.4 Å². The van der Waals surface area contributed by atoms with Crippen LogP contribution in [0, 0.1) is 11.6 Å².